The molecular formula is C24H24N2O2. The van der Waals surface area contributed by atoms with Crippen LogP contribution in [0, 0.1) is 12.8 Å². The minimum absolute atomic E-state index is 0.100. The van der Waals surface area contributed by atoms with Gasteiger partial charge in [-0.05, 0) is 43.0 Å². The Labute approximate surface area is 164 Å². The van der Waals surface area contributed by atoms with E-state index in [1.807, 2.05) is 43.6 Å². The molecule has 0 spiro atoms. The van der Waals surface area contributed by atoms with Crippen LogP contribution in [0.2, 0.25) is 0 Å². The zero-order valence-corrected chi connectivity index (χ0v) is 16.5. The van der Waals surface area contributed by atoms with Crippen LogP contribution >= 0.6 is 0 Å². The normalized spacial score (nSPS) is 17.1. The lowest BCUT2D eigenvalue weighted by Crippen LogP contribution is -2.27. The van der Waals surface area contributed by atoms with Crippen LogP contribution in [0.4, 0.5) is 0 Å². The molecule has 2 aromatic heterocycles. The van der Waals surface area contributed by atoms with Crippen molar-refractivity contribution in [2.24, 2.45) is 5.92 Å². The summed E-state index contributed by atoms with van der Waals surface area (Å²) in [5, 5.41) is 0. The molecule has 0 N–H and O–H groups in total. The Morgan fingerprint density at radius 2 is 2.11 bits per heavy atom. The van der Waals surface area contributed by atoms with Crippen molar-refractivity contribution in [3.05, 3.63) is 69.6 Å². The Hall–Kier alpha value is -2.88. The number of rotatable bonds is 2. The molecule has 0 aliphatic carbocycles. The Balaban J connectivity index is 1.82. The van der Waals surface area contributed by atoms with E-state index in [9.17, 15) is 4.79 Å². The molecule has 2 aliphatic heterocycles. The fourth-order valence-corrected chi connectivity index (χ4v) is 4.64. The zero-order valence-electron chi connectivity index (χ0n) is 16.5. The van der Waals surface area contributed by atoms with Gasteiger partial charge in [0.05, 0.1) is 18.0 Å². The summed E-state index contributed by atoms with van der Waals surface area (Å²) >= 11 is 0. The summed E-state index contributed by atoms with van der Waals surface area (Å²) in [6.45, 7) is 7.08. The largest absolute Gasteiger partial charge is 0.492 e. The van der Waals surface area contributed by atoms with Crippen LogP contribution in [0.15, 0.2) is 47.5 Å². The molecule has 3 aromatic rings. The average molecular weight is 372 g/mol. The summed E-state index contributed by atoms with van der Waals surface area (Å²) in [5.41, 5.74) is 7.66. The molecule has 2 aliphatic rings. The zero-order chi connectivity index (χ0) is 19.4. The molecule has 28 heavy (non-hydrogen) atoms. The Morgan fingerprint density at radius 3 is 2.86 bits per heavy atom. The van der Waals surface area contributed by atoms with E-state index in [4.69, 9.17) is 4.74 Å². The molecule has 0 amide bonds. The lowest BCUT2D eigenvalue weighted by Gasteiger charge is -2.34. The van der Waals surface area contributed by atoms with Gasteiger partial charge in [-0.2, -0.15) is 0 Å². The third-order valence-corrected chi connectivity index (χ3v) is 6.08. The molecule has 0 radical (unpaired) electrons. The second kappa shape index (κ2) is 6.33. The fourth-order valence-electron chi connectivity index (χ4n) is 4.64. The summed E-state index contributed by atoms with van der Waals surface area (Å²) < 4.78 is 8.39. The molecule has 1 unspecified atom stereocenters. The van der Waals surface area contributed by atoms with Crippen LogP contribution in [0.1, 0.15) is 36.6 Å². The molecule has 4 nitrogen and oxygen atoms in total. The molecular weight excluding hydrogens is 348 g/mol. The van der Waals surface area contributed by atoms with Gasteiger partial charge < -0.3 is 9.30 Å². The van der Waals surface area contributed by atoms with E-state index in [0.717, 1.165) is 41.1 Å². The summed E-state index contributed by atoms with van der Waals surface area (Å²) in [5.74, 6) is 1.40. The monoisotopic (exact) mass is 372 g/mol. The number of pyridine rings is 2. The van der Waals surface area contributed by atoms with E-state index in [-0.39, 0.29) is 5.43 Å². The number of nitrogens with zero attached hydrogens (tertiary/aromatic N) is 2. The predicted molar refractivity (Wildman–Crippen MR) is 111 cm³/mol. The van der Waals surface area contributed by atoms with Crippen molar-refractivity contribution < 1.29 is 4.74 Å². The highest BCUT2D eigenvalue weighted by Crippen LogP contribution is 2.47. The predicted octanol–water partition coefficient (Wildman–Crippen LogP) is 4.57. The Morgan fingerprint density at radius 1 is 1.25 bits per heavy atom. The minimum Gasteiger partial charge on any atom is -0.492 e. The van der Waals surface area contributed by atoms with Gasteiger partial charge in [0.15, 0.2) is 5.43 Å². The topological polar surface area (TPSA) is 44.1 Å². The van der Waals surface area contributed by atoms with Gasteiger partial charge in [-0.25, -0.2) is 0 Å². The van der Waals surface area contributed by atoms with Crippen molar-refractivity contribution in [3.8, 4) is 28.3 Å². The number of benzene rings is 1. The molecule has 0 fully saturated rings. The second-order valence-electron chi connectivity index (χ2n) is 8.21. The van der Waals surface area contributed by atoms with Crippen molar-refractivity contribution >= 4 is 0 Å². The average Bonchev–Trinajstić information content (AvgIpc) is 3.18. The fraction of sp³-hybridized carbons (Fsp3) is 0.333. The highest BCUT2D eigenvalue weighted by Gasteiger charge is 2.32. The molecule has 5 rings (SSSR count). The highest BCUT2D eigenvalue weighted by molar-refractivity contribution is 5.82. The van der Waals surface area contributed by atoms with Crippen molar-refractivity contribution in [3.63, 3.8) is 0 Å². The highest BCUT2D eigenvalue weighted by atomic mass is 16.5. The maximum absolute atomic E-state index is 12.5. The molecule has 4 heteroatoms. The standard InChI is InChI=1S/C24H24N2O2/c1-14(2)20-11-16-10-18(19-6-4-5-8-25-19)24-17(7-9-28-24)23(16)21-12-22(27)15(3)13-26(20)21/h4-6,8,10,12-14,20H,7,9,11H2,1-3H3. The van der Waals surface area contributed by atoms with Crippen LogP contribution < -0.4 is 10.2 Å². The first kappa shape index (κ1) is 17.2. The first-order valence-electron chi connectivity index (χ1n) is 10.0. The quantitative estimate of drug-likeness (QED) is 0.662. The summed E-state index contributed by atoms with van der Waals surface area (Å²) in [6.07, 6.45) is 5.69. The lowest BCUT2D eigenvalue weighted by molar-refractivity contribution is 0.357. The number of aromatic nitrogens is 2. The van der Waals surface area contributed by atoms with Gasteiger partial charge in [0.25, 0.3) is 0 Å². The van der Waals surface area contributed by atoms with E-state index in [0.29, 0.717) is 18.6 Å². The van der Waals surface area contributed by atoms with E-state index in [1.54, 1.807) is 0 Å². The van der Waals surface area contributed by atoms with Crippen molar-refractivity contribution in [2.75, 3.05) is 6.61 Å². The summed E-state index contributed by atoms with van der Waals surface area (Å²) in [7, 11) is 0. The number of fused-ring (bicyclic) bond motifs is 5. The van der Waals surface area contributed by atoms with E-state index in [2.05, 4.69) is 29.5 Å². The first-order valence-corrected chi connectivity index (χ1v) is 10.0. The van der Waals surface area contributed by atoms with Gasteiger partial charge in [0.2, 0.25) is 0 Å². The third-order valence-electron chi connectivity index (χ3n) is 6.08. The maximum Gasteiger partial charge on any atom is 0.185 e. The smallest absolute Gasteiger partial charge is 0.185 e. The van der Waals surface area contributed by atoms with Crippen molar-refractivity contribution in [1.82, 2.24) is 9.55 Å². The van der Waals surface area contributed by atoms with Crippen LogP contribution in [0.5, 0.6) is 5.75 Å². The van der Waals surface area contributed by atoms with Gasteiger partial charge in [0, 0.05) is 53.2 Å². The van der Waals surface area contributed by atoms with Crippen LogP contribution in [-0.4, -0.2) is 16.2 Å². The maximum atomic E-state index is 12.5. The Kier molecular flexibility index (Phi) is 3.90. The summed E-state index contributed by atoms with van der Waals surface area (Å²) in [4.78, 5) is 17.1. The molecule has 1 aromatic carbocycles. The Bertz CT molecular complexity index is 1130. The number of hydrogen-bond donors (Lipinski definition) is 0. The number of ether oxygens (including phenoxy) is 1. The molecule has 0 bridgehead atoms. The summed E-state index contributed by atoms with van der Waals surface area (Å²) in [6, 6.07) is 10.4. The van der Waals surface area contributed by atoms with Crippen molar-refractivity contribution in [2.45, 2.75) is 39.7 Å². The molecule has 0 saturated carbocycles. The molecule has 142 valence electrons. The molecule has 1 atom stereocenters. The molecule has 4 heterocycles. The van der Waals surface area contributed by atoms with Gasteiger partial charge in [-0.15, -0.1) is 0 Å². The van der Waals surface area contributed by atoms with Crippen LogP contribution in [0.25, 0.3) is 22.5 Å². The number of hydrogen-bond acceptors (Lipinski definition) is 3. The van der Waals surface area contributed by atoms with E-state index < -0.39 is 0 Å². The van der Waals surface area contributed by atoms with Gasteiger partial charge >= 0.3 is 0 Å². The SMILES string of the molecule is Cc1cn2c(cc1=O)-c1c(cc(-c3ccccn3)c3c1CCO3)CC2C(C)C. The second-order valence-corrected chi connectivity index (χ2v) is 8.21. The van der Waals surface area contributed by atoms with E-state index in [1.165, 1.54) is 16.7 Å². The van der Waals surface area contributed by atoms with Gasteiger partial charge in [0.1, 0.15) is 5.75 Å². The van der Waals surface area contributed by atoms with Gasteiger partial charge in [-0.3, -0.25) is 9.78 Å². The first-order chi connectivity index (χ1) is 13.5. The van der Waals surface area contributed by atoms with Crippen LogP contribution in [-0.2, 0) is 12.8 Å². The van der Waals surface area contributed by atoms with Gasteiger partial charge in [-0.1, -0.05) is 19.9 Å². The van der Waals surface area contributed by atoms with E-state index >= 15 is 0 Å². The minimum atomic E-state index is 0.100. The molecule has 0 saturated heterocycles. The number of aryl methyl sites for hydroxylation is 1. The van der Waals surface area contributed by atoms with Crippen molar-refractivity contribution in [1.29, 1.82) is 0 Å². The lowest BCUT2D eigenvalue weighted by atomic mass is 9.83. The van der Waals surface area contributed by atoms with Crippen LogP contribution in [0.3, 0.4) is 0 Å². The third kappa shape index (κ3) is 2.51.